The predicted molar refractivity (Wildman–Crippen MR) is 145 cm³/mol. The fraction of sp³-hybridized carbons (Fsp3) is 0.200. The summed E-state index contributed by atoms with van der Waals surface area (Å²) in [5.74, 6) is -0.330. The van der Waals surface area contributed by atoms with Gasteiger partial charge in [-0.05, 0) is 91.2 Å². The van der Waals surface area contributed by atoms with Crippen LogP contribution in [0.3, 0.4) is 0 Å². The van der Waals surface area contributed by atoms with Crippen LogP contribution in [0, 0.1) is 6.92 Å². The number of amides is 1. The quantitative estimate of drug-likeness (QED) is 0.199. The lowest BCUT2D eigenvalue weighted by Gasteiger charge is -2.15. The Balaban J connectivity index is 1.32. The zero-order valence-electron chi connectivity index (χ0n) is 21.0. The number of hydrogen-bond acceptors (Lipinski definition) is 4. The topological polar surface area (TPSA) is 66.1 Å². The minimum Gasteiger partial charge on any atom is -0.385 e. The van der Waals surface area contributed by atoms with Gasteiger partial charge < -0.3 is 16.0 Å². The van der Waals surface area contributed by atoms with E-state index < -0.39 is 11.7 Å². The van der Waals surface area contributed by atoms with E-state index in [1.807, 2.05) is 55.5 Å². The van der Waals surface area contributed by atoms with Crippen LogP contribution in [-0.2, 0) is 12.7 Å². The summed E-state index contributed by atoms with van der Waals surface area (Å²) in [6.45, 7) is 4.21. The summed E-state index contributed by atoms with van der Waals surface area (Å²) < 4.78 is 38.9. The summed E-state index contributed by atoms with van der Waals surface area (Å²) in [4.78, 5) is 17.4. The fourth-order valence-corrected chi connectivity index (χ4v) is 4.10. The van der Waals surface area contributed by atoms with Crippen LogP contribution < -0.4 is 16.0 Å². The average Bonchev–Trinajstić information content (AvgIpc) is 2.91. The van der Waals surface area contributed by atoms with Crippen molar-refractivity contribution in [1.82, 2.24) is 10.3 Å². The first-order valence-corrected chi connectivity index (χ1v) is 12.3. The van der Waals surface area contributed by atoms with Crippen molar-refractivity contribution >= 4 is 17.3 Å². The van der Waals surface area contributed by atoms with Crippen molar-refractivity contribution < 1.29 is 18.0 Å². The van der Waals surface area contributed by atoms with Gasteiger partial charge in [-0.1, -0.05) is 30.3 Å². The molecule has 0 aliphatic carbocycles. The Morgan fingerprint density at radius 2 is 1.58 bits per heavy atom. The van der Waals surface area contributed by atoms with Crippen molar-refractivity contribution in [1.29, 1.82) is 0 Å². The molecule has 3 N–H and O–H groups in total. The number of carbonyl (C=O) groups excluding carboxylic acids is 1. The zero-order chi connectivity index (χ0) is 27.0. The molecule has 8 heteroatoms. The summed E-state index contributed by atoms with van der Waals surface area (Å²) in [6.07, 6.45) is -1.70. The third-order valence-corrected chi connectivity index (χ3v) is 6.05. The molecule has 0 bridgehead atoms. The SMILES string of the molecule is Cc1cccc(C(=O)Nc2ccc(NCCCNCc3ccccn3)cc2)c1-c1ccc(C(F)(F)F)cc1. The van der Waals surface area contributed by atoms with Gasteiger partial charge in [0, 0.05) is 36.2 Å². The highest BCUT2D eigenvalue weighted by molar-refractivity contribution is 6.09. The number of nitrogens with zero attached hydrogens (tertiary/aromatic N) is 1. The Morgan fingerprint density at radius 1 is 0.842 bits per heavy atom. The van der Waals surface area contributed by atoms with E-state index in [1.165, 1.54) is 12.1 Å². The van der Waals surface area contributed by atoms with Crippen LogP contribution in [-0.4, -0.2) is 24.0 Å². The lowest BCUT2D eigenvalue weighted by molar-refractivity contribution is -0.137. The van der Waals surface area contributed by atoms with Gasteiger partial charge in [-0.25, -0.2) is 0 Å². The molecule has 0 saturated heterocycles. The van der Waals surface area contributed by atoms with E-state index >= 15 is 0 Å². The maximum absolute atomic E-state index is 13.1. The number of anilines is 2. The van der Waals surface area contributed by atoms with E-state index in [-0.39, 0.29) is 5.91 Å². The lowest BCUT2D eigenvalue weighted by Crippen LogP contribution is -2.18. The van der Waals surface area contributed by atoms with Crippen molar-refractivity contribution in [3.05, 3.63) is 114 Å². The van der Waals surface area contributed by atoms with E-state index in [2.05, 4.69) is 20.9 Å². The summed E-state index contributed by atoms with van der Waals surface area (Å²) in [7, 11) is 0. The van der Waals surface area contributed by atoms with Crippen molar-refractivity contribution in [3.8, 4) is 11.1 Å². The number of carbonyl (C=O) groups is 1. The van der Waals surface area contributed by atoms with Gasteiger partial charge in [0.15, 0.2) is 0 Å². The minimum absolute atomic E-state index is 0.330. The minimum atomic E-state index is -4.41. The van der Waals surface area contributed by atoms with Gasteiger partial charge in [0.25, 0.3) is 5.91 Å². The number of hydrogen-bond donors (Lipinski definition) is 3. The van der Waals surface area contributed by atoms with E-state index in [9.17, 15) is 18.0 Å². The first-order valence-electron chi connectivity index (χ1n) is 12.3. The molecule has 0 atom stereocenters. The summed E-state index contributed by atoms with van der Waals surface area (Å²) >= 11 is 0. The molecule has 0 fully saturated rings. The third kappa shape index (κ3) is 7.20. The molecular formula is C30H29F3N4O. The van der Waals surface area contributed by atoms with Crippen LogP contribution in [0.4, 0.5) is 24.5 Å². The Labute approximate surface area is 220 Å². The number of nitrogens with one attached hydrogen (secondary N) is 3. The normalized spacial score (nSPS) is 11.3. The molecule has 5 nitrogen and oxygen atoms in total. The molecule has 1 heterocycles. The summed E-state index contributed by atoms with van der Waals surface area (Å²) in [5, 5.41) is 9.62. The van der Waals surface area contributed by atoms with Gasteiger partial charge in [-0.15, -0.1) is 0 Å². The van der Waals surface area contributed by atoms with Gasteiger partial charge in [0.1, 0.15) is 0 Å². The summed E-state index contributed by atoms with van der Waals surface area (Å²) in [6, 6.07) is 23.4. The van der Waals surface area contributed by atoms with Gasteiger partial charge in [-0.3, -0.25) is 9.78 Å². The third-order valence-electron chi connectivity index (χ3n) is 6.05. The number of benzene rings is 3. The van der Waals surface area contributed by atoms with E-state index in [0.717, 1.165) is 55.1 Å². The van der Waals surface area contributed by atoms with E-state index in [1.54, 1.807) is 18.3 Å². The van der Waals surface area contributed by atoms with Gasteiger partial charge >= 0.3 is 6.18 Å². The second-order valence-corrected chi connectivity index (χ2v) is 8.88. The van der Waals surface area contributed by atoms with Crippen LogP contribution in [0.15, 0.2) is 91.1 Å². The summed E-state index contributed by atoms with van der Waals surface area (Å²) in [5.41, 5.74) is 4.19. The monoisotopic (exact) mass is 518 g/mol. The lowest BCUT2D eigenvalue weighted by atomic mass is 9.94. The van der Waals surface area contributed by atoms with Crippen molar-refractivity contribution in [2.45, 2.75) is 26.1 Å². The van der Waals surface area contributed by atoms with Crippen LogP contribution in [0.1, 0.15) is 33.6 Å². The van der Waals surface area contributed by atoms with Crippen molar-refractivity contribution in [2.24, 2.45) is 0 Å². The highest BCUT2D eigenvalue weighted by Gasteiger charge is 2.30. The van der Waals surface area contributed by atoms with Gasteiger partial charge in [-0.2, -0.15) is 13.2 Å². The molecule has 4 rings (SSSR count). The molecule has 0 aliphatic rings. The number of aromatic nitrogens is 1. The number of pyridine rings is 1. The molecule has 0 spiro atoms. The van der Waals surface area contributed by atoms with E-state index in [4.69, 9.17) is 0 Å². The molecule has 1 aromatic heterocycles. The van der Waals surface area contributed by atoms with Crippen LogP contribution in [0.25, 0.3) is 11.1 Å². The van der Waals surface area contributed by atoms with Gasteiger partial charge in [0.2, 0.25) is 0 Å². The van der Waals surface area contributed by atoms with Crippen molar-refractivity contribution in [2.75, 3.05) is 23.7 Å². The molecular weight excluding hydrogens is 489 g/mol. The Kier molecular flexibility index (Phi) is 8.76. The molecule has 0 unspecified atom stereocenters. The first-order chi connectivity index (χ1) is 18.3. The highest BCUT2D eigenvalue weighted by Crippen LogP contribution is 2.33. The number of aryl methyl sites for hydroxylation is 1. The maximum Gasteiger partial charge on any atom is 0.416 e. The second-order valence-electron chi connectivity index (χ2n) is 8.88. The molecule has 4 aromatic rings. The number of rotatable bonds is 10. The predicted octanol–water partition coefficient (Wildman–Crippen LogP) is 6.92. The molecule has 1 amide bonds. The molecule has 0 aliphatic heterocycles. The zero-order valence-corrected chi connectivity index (χ0v) is 21.0. The van der Waals surface area contributed by atoms with E-state index in [0.29, 0.717) is 22.4 Å². The Morgan fingerprint density at radius 3 is 2.26 bits per heavy atom. The molecule has 0 saturated carbocycles. The van der Waals surface area contributed by atoms with Crippen molar-refractivity contribution in [3.63, 3.8) is 0 Å². The largest absolute Gasteiger partial charge is 0.416 e. The molecule has 196 valence electrons. The Bertz CT molecular complexity index is 1340. The number of alkyl halides is 3. The van der Waals surface area contributed by atoms with Crippen LogP contribution in [0.2, 0.25) is 0 Å². The Hall–Kier alpha value is -4.17. The maximum atomic E-state index is 13.1. The molecule has 38 heavy (non-hydrogen) atoms. The number of halogens is 3. The van der Waals surface area contributed by atoms with Crippen LogP contribution >= 0.6 is 0 Å². The fourth-order valence-electron chi connectivity index (χ4n) is 4.10. The molecule has 3 aromatic carbocycles. The smallest absolute Gasteiger partial charge is 0.385 e. The second kappa shape index (κ2) is 12.4. The highest BCUT2D eigenvalue weighted by atomic mass is 19.4. The van der Waals surface area contributed by atoms with Crippen LogP contribution in [0.5, 0.6) is 0 Å². The average molecular weight is 519 g/mol. The van der Waals surface area contributed by atoms with Gasteiger partial charge in [0.05, 0.1) is 11.3 Å². The first kappa shape index (κ1) is 26.9. The molecule has 0 radical (unpaired) electrons. The standard InChI is InChI=1S/C30H29F3N4O/c1-21-6-4-8-27(28(21)22-9-11-23(12-10-22)30(31,32)33)29(38)37-25-15-13-24(14-16-25)35-19-5-17-34-20-26-7-2-3-18-36-26/h2-4,6-16,18,34-35H,5,17,19-20H2,1H3,(H,37,38).